The van der Waals surface area contributed by atoms with Crippen molar-refractivity contribution in [1.82, 2.24) is 14.9 Å². The Hall–Kier alpha value is -4.53. The number of amides is 2. The highest BCUT2D eigenvalue weighted by atomic mass is 19.1. The lowest BCUT2D eigenvalue weighted by atomic mass is 10.0. The van der Waals surface area contributed by atoms with Crippen LogP contribution < -0.4 is 5.32 Å². The third-order valence-corrected chi connectivity index (χ3v) is 5.17. The molecule has 0 aliphatic heterocycles. The van der Waals surface area contributed by atoms with E-state index < -0.39 is 35.3 Å². The summed E-state index contributed by atoms with van der Waals surface area (Å²) in [5.74, 6) is -2.69. The maximum atomic E-state index is 13.7. The quantitative estimate of drug-likeness (QED) is 0.411. The molecule has 0 bridgehead atoms. The van der Waals surface area contributed by atoms with Crippen molar-refractivity contribution in [3.8, 4) is 0 Å². The van der Waals surface area contributed by atoms with Gasteiger partial charge in [0.2, 0.25) is 0 Å². The summed E-state index contributed by atoms with van der Waals surface area (Å²) in [4.78, 5) is 36.3. The summed E-state index contributed by atoms with van der Waals surface area (Å²) in [7, 11) is 0. The second-order valence-corrected chi connectivity index (χ2v) is 7.60. The van der Waals surface area contributed by atoms with Gasteiger partial charge in [0.15, 0.2) is 0 Å². The number of halogens is 3. The fourth-order valence-electron chi connectivity index (χ4n) is 3.49. The van der Waals surface area contributed by atoms with Crippen molar-refractivity contribution < 1.29 is 22.8 Å². The van der Waals surface area contributed by atoms with E-state index in [-0.39, 0.29) is 12.2 Å². The van der Waals surface area contributed by atoms with Crippen molar-refractivity contribution in [2.75, 3.05) is 5.32 Å². The van der Waals surface area contributed by atoms with Crippen LogP contribution in [0.1, 0.15) is 27.7 Å². The normalized spacial score (nSPS) is 11.5. The molecule has 3 aromatic carbocycles. The molecule has 0 aliphatic rings. The van der Waals surface area contributed by atoms with E-state index in [2.05, 4.69) is 15.3 Å². The monoisotopic (exact) mass is 476 g/mol. The van der Waals surface area contributed by atoms with Gasteiger partial charge in [-0.15, -0.1) is 0 Å². The van der Waals surface area contributed by atoms with E-state index in [1.54, 1.807) is 0 Å². The summed E-state index contributed by atoms with van der Waals surface area (Å²) >= 11 is 0. The molecule has 1 N–H and O–H groups in total. The number of rotatable bonds is 7. The zero-order valence-electron chi connectivity index (χ0n) is 18.2. The summed E-state index contributed by atoms with van der Waals surface area (Å²) in [5, 5.41) is 2.67. The van der Waals surface area contributed by atoms with Crippen LogP contribution in [-0.2, 0) is 11.3 Å². The summed E-state index contributed by atoms with van der Waals surface area (Å²) in [6.45, 7) is -0.0887. The number of carbonyl (C=O) groups is 2. The average molecular weight is 476 g/mol. The Morgan fingerprint density at radius 2 is 1.37 bits per heavy atom. The van der Waals surface area contributed by atoms with E-state index in [0.29, 0.717) is 16.8 Å². The molecule has 0 saturated carbocycles. The van der Waals surface area contributed by atoms with E-state index in [0.717, 1.165) is 0 Å². The zero-order valence-corrected chi connectivity index (χ0v) is 18.2. The third-order valence-electron chi connectivity index (χ3n) is 5.17. The molecule has 9 heteroatoms. The van der Waals surface area contributed by atoms with Crippen LogP contribution in [-0.4, -0.2) is 26.7 Å². The van der Waals surface area contributed by atoms with Gasteiger partial charge in [0.25, 0.3) is 11.8 Å². The lowest BCUT2D eigenvalue weighted by Gasteiger charge is -2.31. The molecule has 4 rings (SSSR count). The fraction of sp³-hybridized carbons (Fsp3) is 0.0769. The molecule has 1 aromatic heterocycles. The van der Waals surface area contributed by atoms with Crippen LogP contribution in [0.15, 0.2) is 91.4 Å². The number of nitrogens with one attached hydrogen (secondary N) is 1. The molecule has 0 saturated heterocycles. The highest BCUT2D eigenvalue weighted by molar-refractivity contribution is 6.00. The first-order valence-electron chi connectivity index (χ1n) is 10.5. The maximum Gasteiger partial charge on any atom is 0.275 e. The maximum absolute atomic E-state index is 13.7. The first-order chi connectivity index (χ1) is 16.9. The van der Waals surface area contributed by atoms with Gasteiger partial charge in [-0.1, -0.05) is 24.3 Å². The largest absolute Gasteiger partial charge is 0.324 e. The molecule has 0 radical (unpaired) electrons. The number of hydrogen-bond donors (Lipinski definition) is 1. The number of nitrogens with zero attached hydrogens (tertiary/aromatic N) is 3. The summed E-state index contributed by atoms with van der Waals surface area (Å²) < 4.78 is 40.5. The second-order valence-electron chi connectivity index (χ2n) is 7.60. The van der Waals surface area contributed by atoms with Gasteiger partial charge in [-0.05, 0) is 59.7 Å². The Bertz CT molecular complexity index is 1300. The number of anilines is 1. The standard InChI is InChI=1S/C26H19F3N4O2/c27-19-5-1-17(2-6-19)16-33(26(35)23-15-30-13-14-31-23)24(18-3-7-20(28)8-4-18)25(34)32-22-11-9-21(29)10-12-22/h1-15,24H,16H2,(H,32,34)/t24-/m1/s1. The van der Waals surface area contributed by atoms with Gasteiger partial charge in [0.05, 0.1) is 6.20 Å². The van der Waals surface area contributed by atoms with Crippen molar-refractivity contribution in [3.63, 3.8) is 0 Å². The second kappa shape index (κ2) is 10.6. The number of aromatic nitrogens is 2. The minimum absolute atomic E-state index is 0.0173. The molecular weight excluding hydrogens is 457 g/mol. The van der Waals surface area contributed by atoms with Gasteiger partial charge in [-0.2, -0.15) is 0 Å². The van der Waals surface area contributed by atoms with Gasteiger partial charge in [-0.25, -0.2) is 18.2 Å². The van der Waals surface area contributed by atoms with Crippen LogP contribution in [0.25, 0.3) is 0 Å². The molecule has 4 aromatic rings. The van der Waals surface area contributed by atoms with E-state index in [9.17, 15) is 22.8 Å². The molecule has 6 nitrogen and oxygen atoms in total. The Balaban J connectivity index is 1.77. The minimum Gasteiger partial charge on any atom is -0.324 e. The summed E-state index contributed by atoms with van der Waals surface area (Å²) in [6, 6.07) is 14.5. The first kappa shape index (κ1) is 23.6. The van der Waals surface area contributed by atoms with Gasteiger partial charge in [-0.3, -0.25) is 14.6 Å². The van der Waals surface area contributed by atoms with E-state index in [4.69, 9.17) is 0 Å². The van der Waals surface area contributed by atoms with Crippen molar-refractivity contribution in [2.24, 2.45) is 0 Å². The molecular formula is C26H19F3N4O2. The summed E-state index contributed by atoms with van der Waals surface area (Å²) in [6.07, 6.45) is 4.01. The molecule has 0 spiro atoms. The van der Waals surface area contributed by atoms with Crippen LogP contribution in [0.4, 0.5) is 18.9 Å². The molecule has 35 heavy (non-hydrogen) atoms. The third kappa shape index (κ3) is 5.89. The van der Waals surface area contributed by atoms with Crippen molar-refractivity contribution >= 4 is 17.5 Å². The molecule has 0 aliphatic carbocycles. The van der Waals surface area contributed by atoms with Crippen LogP contribution in [0.3, 0.4) is 0 Å². The molecule has 0 unspecified atom stereocenters. The number of benzene rings is 3. The predicted molar refractivity (Wildman–Crippen MR) is 122 cm³/mol. The van der Waals surface area contributed by atoms with E-state index in [1.807, 2.05) is 0 Å². The van der Waals surface area contributed by atoms with Crippen molar-refractivity contribution in [1.29, 1.82) is 0 Å². The highest BCUT2D eigenvalue weighted by Crippen LogP contribution is 2.27. The Morgan fingerprint density at radius 1 is 0.800 bits per heavy atom. The smallest absolute Gasteiger partial charge is 0.275 e. The van der Waals surface area contributed by atoms with Crippen LogP contribution in [0, 0.1) is 17.5 Å². The lowest BCUT2D eigenvalue weighted by Crippen LogP contribution is -2.41. The SMILES string of the molecule is O=C(Nc1ccc(F)cc1)[C@@H](c1ccc(F)cc1)N(Cc1ccc(F)cc1)C(=O)c1cnccn1. The Labute approximate surface area is 199 Å². The topological polar surface area (TPSA) is 75.2 Å². The van der Waals surface area contributed by atoms with Crippen molar-refractivity contribution in [3.05, 3.63) is 126 Å². The summed E-state index contributed by atoms with van der Waals surface area (Å²) in [5.41, 5.74) is 1.16. The average Bonchev–Trinajstić information content (AvgIpc) is 2.87. The lowest BCUT2D eigenvalue weighted by molar-refractivity contribution is -0.121. The van der Waals surface area contributed by atoms with Gasteiger partial charge in [0, 0.05) is 24.6 Å². The molecule has 1 heterocycles. The van der Waals surface area contributed by atoms with Crippen LogP contribution in [0.5, 0.6) is 0 Å². The number of carbonyl (C=O) groups excluding carboxylic acids is 2. The number of hydrogen-bond acceptors (Lipinski definition) is 4. The predicted octanol–water partition coefficient (Wildman–Crippen LogP) is 4.92. The van der Waals surface area contributed by atoms with E-state index >= 15 is 0 Å². The van der Waals surface area contributed by atoms with Crippen LogP contribution in [0.2, 0.25) is 0 Å². The molecule has 2 amide bonds. The fourth-order valence-corrected chi connectivity index (χ4v) is 3.49. The Kier molecular flexibility index (Phi) is 7.15. The molecule has 1 atom stereocenters. The van der Waals surface area contributed by atoms with Gasteiger partial charge in [0.1, 0.15) is 29.2 Å². The first-order valence-corrected chi connectivity index (χ1v) is 10.5. The van der Waals surface area contributed by atoms with Gasteiger partial charge >= 0.3 is 0 Å². The van der Waals surface area contributed by atoms with Gasteiger partial charge < -0.3 is 10.2 Å². The minimum atomic E-state index is -1.24. The van der Waals surface area contributed by atoms with E-state index in [1.165, 1.54) is 96.3 Å². The molecule has 0 fully saturated rings. The van der Waals surface area contributed by atoms with Crippen LogP contribution >= 0.6 is 0 Å². The Morgan fingerprint density at radius 3 is 1.94 bits per heavy atom. The zero-order chi connectivity index (χ0) is 24.8. The van der Waals surface area contributed by atoms with Crippen molar-refractivity contribution in [2.45, 2.75) is 12.6 Å². The molecule has 176 valence electrons. The highest BCUT2D eigenvalue weighted by Gasteiger charge is 2.33.